The smallest absolute Gasteiger partial charge is 0.235 e. The number of ketones is 2. The van der Waals surface area contributed by atoms with E-state index in [2.05, 4.69) is 19.0 Å². The van der Waals surface area contributed by atoms with E-state index in [1.54, 1.807) is 19.1 Å². The van der Waals surface area contributed by atoms with Gasteiger partial charge >= 0.3 is 0 Å². The minimum Gasteiger partial charge on any atom is -0.426 e. The summed E-state index contributed by atoms with van der Waals surface area (Å²) in [6.45, 7) is 3.67. The van der Waals surface area contributed by atoms with E-state index in [9.17, 15) is 9.59 Å². The van der Waals surface area contributed by atoms with E-state index in [0.717, 1.165) is 18.4 Å². The predicted molar refractivity (Wildman–Crippen MR) is 67.4 cm³/mol. The van der Waals surface area contributed by atoms with Gasteiger partial charge < -0.3 is 4.74 Å². The van der Waals surface area contributed by atoms with Gasteiger partial charge in [-0.05, 0) is 18.1 Å². The molecule has 0 fully saturated rings. The third-order valence-corrected chi connectivity index (χ3v) is 2.91. The summed E-state index contributed by atoms with van der Waals surface area (Å²) < 4.78 is 5.00. The van der Waals surface area contributed by atoms with Gasteiger partial charge in [-0.25, -0.2) is 0 Å². The zero-order chi connectivity index (χ0) is 13.1. The first-order valence-corrected chi connectivity index (χ1v) is 5.97. The van der Waals surface area contributed by atoms with E-state index in [0.29, 0.717) is 11.1 Å². The van der Waals surface area contributed by atoms with Crippen molar-refractivity contribution in [3.05, 3.63) is 34.9 Å². The van der Waals surface area contributed by atoms with Crippen LogP contribution in [-0.2, 0) is 11.2 Å². The molecule has 3 nitrogen and oxygen atoms in total. The average Bonchev–Trinajstić information content (AvgIpc) is 2.60. The highest BCUT2D eigenvalue weighted by atomic mass is 16.5. The number of carbonyl (C=O) groups is 2. The first kappa shape index (κ1) is 12.4. The first-order chi connectivity index (χ1) is 8.69. The Morgan fingerprint density at radius 2 is 1.94 bits per heavy atom. The molecule has 0 aromatic heterocycles. The minimum atomic E-state index is -1.08. The maximum atomic E-state index is 12.1. The Hall–Kier alpha value is -2.08. The zero-order valence-electron chi connectivity index (χ0n) is 10.4. The minimum absolute atomic E-state index is 0.282. The maximum Gasteiger partial charge on any atom is 0.235 e. The predicted octanol–water partition coefficient (Wildman–Crippen LogP) is 2.38. The summed E-state index contributed by atoms with van der Waals surface area (Å²) in [6.07, 6.45) is 3.15. The molecule has 0 amide bonds. The van der Waals surface area contributed by atoms with Crippen molar-refractivity contribution in [3.63, 3.8) is 0 Å². The highest BCUT2D eigenvalue weighted by molar-refractivity contribution is 6.28. The van der Waals surface area contributed by atoms with Crippen LogP contribution in [0.15, 0.2) is 18.2 Å². The maximum absolute atomic E-state index is 12.1. The van der Waals surface area contributed by atoms with Crippen LogP contribution >= 0.6 is 0 Å². The van der Waals surface area contributed by atoms with Gasteiger partial charge in [0.05, 0.1) is 0 Å². The Labute approximate surface area is 106 Å². The lowest BCUT2D eigenvalue weighted by Gasteiger charge is -2.02. The summed E-state index contributed by atoms with van der Waals surface area (Å²) in [6, 6.07) is 5.40. The number of Topliss-reactive ketones (excluding diaryl/α,β-unsaturated/α-hetero) is 2. The molecule has 2 rings (SSSR count). The van der Waals surface area contributed by atoms with Crippen LogP contribution in [0.5, 0.6) is 0 Å². The van der Waals surface area contributed by atoms with Crippen molar-refractivity contribution < 1.29 is 14.3 Å². The molecule has 0 bridgehead atoms. The van der Waals surface area contributed by atoms with Crippen LogP contribution in [0.3, 0.4) is 0 Å². The molecule has 1 aromatic carbocycles. The second-order valence-corrected chi connectivity index (χ2v) is 4.21. The molecule has 0 radical (unpaired) electrons. The molecular weight excluding hydrogens is 228 g/mol. The van der Waals surface area contributed by atoms with E-state index in [-0.39, 0.29) is 11.6 Å². The molecule has 3 heteroatoms. The molecule has 0 aliphatic heterocycles. The largest absolute Gasteiger partial charge is 0.426 e. The van der Waals surface area contributed by atoms with Crippen LogP contribution in [0, 0.1) is 12.0 Å². The SMILES string of the molecule is CC#COC1C(=O)c2ccc(CCC)cc2C1=O. The molecule has 92 valence electrons. The average molecular weight is 242 g/mol. The topological polar surface area (TPSA) is 43.4 Å². The fourth-order valence-electron chi connectivity index (χ4n) is 2.08. The number of aryl methyl sites for hydroxylation is 1. The Kier molecular flexibility index (Phi) is 3.47. The van der Waals surface area contributed by atoms with Gasteiger partial charge in [0.2, 0.25) is 17.7 Å². The van der Waals surface area contributed by atoms with Gasteiger partial charge in [0, 0.05) is 18.1 Å². The van der Waals surface area contributed by atoms with Crippen molar-refractivity contribution >= 4 is 11.6 Å². The van der Waals surface area contributed by atoms with Gasteiger partial charge in [0.25, 0.3) is 0 Å². The van der Waals surface area contributed by atoms with Crippen molar-refractivity contribution in [3.8, 4) is 12.0 Å². The number of hydrogen-bond acceptors (Lipinski definition) is 3. The molecule has 1 unspecified atom stereocenters. The van der Waals surface area contributed by atoms with Crippen LogP contribution in [0.4, 0.5) is 0 Å². The quantitative estimate of drug-likeness (QED) is 0.603. The summed E-state index contributed by atoms with van der Waals surface area (Å²) in [5, 5.41) is 0. The molecule has 18 heavy (non-hydrogen) atoms. The van der Waals surface area contributed by atoms with E-state index in [1.165, 1.54) is 0 Å². The summed E-state index contributed by atoms with van der Waals surface area (Å²) in [5.41, 5.74) is 1.98. The van der Waals surface area contributed by atoms with E-state index in [1.807, 2.05) is 6.07 Å². The number of fused-ring (bicyclic) bond motifs is 1. The fraction of sp³-hybridized carbons (Fsp3) is 0.333. The van der Waals surface area contributed by atoms with Crippen LogP contribution in [0.25, 0.3) is 0 Å². The highest BCUT2D eigenvalue weighted by Crippen LogP contribution is 2.25. The van der Waals surface area contributed by atoms with Gasteiger partial charge in [0.1, 0.15) is 6.11 Å². The van der Waals surface area contributed by atoms with Gasteiger partial charge in [-0.1, -0.05) is 31.4 Å². The molecule has 0 N–H and O–H groups in total. The van der Waals surface area contributed by atoms with Gasteiger partial charge in [0.15, 0.2) is 0 Å². The molecule has 1 aromatic rings. The standard InChI is InChI=1S/C15H14O3/c1-3-5-10-6-7-11-12(9-10)14(17)15(13(11)16)18-8-4-2/h6-7,9,15H,3,5H2,1-2H3. The van der Waals surface area contributed by atoms with E-state index in [4.69, 9.17) is 4.74 Å². The number of ether oxygens (including phenoxy) is 1. The second-order valence-electron chi connectivity index (χ2n) is 4.21. The highest BCUT2D eigenvalue weighted by Gasteiger charge is 2.40. The lowest BCUT2D eigenvalue weighted by molar-refractivity contribution is 0.0659. The van der Waals surface area contributed by atoms with E-state index >= 15 is 0 Å². The zero-order valence-corrected chi connectivity index (χ0v) is 10.4. The Morgan fingerprint density at radius 1 is 1.22 bits per heavy atom. The Bertz CT molecular complexity index is 561. The molecule has 0 saturated carbocycles. The number of benzene rings is 1. The summed E-state index contributed by atoms with van der Waals surface area (Å²) in [5.74, 6) is 1.94. The second kappa shape index (κ2) is 5.05. The summed E-state index contributed by atoms with van der Waals surface area (Å²) in [4.78, 5) is 24.0. The third kappa shape index (κ3) is 2.02. The van der Waals surface area contributed by atoms with Crippen molar-refractivity contribution in [2.24, 2.45) is 0 Å². The number of rotatable bonds is 3. The van der Waals surface area contributed by atoms with Crippen molar-refractivity contribution in [1.29, 1.82) is 0 Å². The lowest BCUT2D eigenvalue weighted by atomic mass is 10.0. The van der Waals surface area contributed by atoms with Crippen LogP contribution < -0.4 is 0 Å². The van der Waals surface area contributed by atoms with Crippen molar-refractivity contribution in [2.75, 3.05) is 0 Å². The Balaban J connectivity index is 2.35. The summed E-state index contributed by atoms with van der Waals surface area (Å²) in [7, 11) is 0. The molecule has 0 spiro atoms. The van der Waals surface area contributed by atoms with Crippen LogP contribution in [0.2, 0.25) is 0 Å². The van der Waals surface area contributed by atoms with Gasteiger partial charge in [-0.15, -0.1) is 0 Å². The fourth-order valence-corrected chi connectivity index (χ4v) is 2.08. The van der Waals surface area contributed by atoms with Crippen molar-refractivity contribution in [1.82, 2.24) is 0 Å². The molecule has 1 aliphatic rings. The first-order valence-electron chi connectivity index (χ1n) is 5.97. The monoisotopic (exact) mass is 242 g/mol. The molecular formula is C15H14O3. The van der Waals surface area contributed by atoms with Crippen LogP contribution in [0.1, 0.15) is 46.5 Å². The number of hydrogen-bond donors (Lipinski definition) is 0. The van der Waals surface area contributed by atoms with Crippen molar-refractivity contribution in [2.45, 2.75) is 32.8 Å². The van der Waals surface area contributed by atoms with Crippen LogP contribution in [-0.4, -0.2) is 17.7 Å². The summed E-state index contributed by atoms with van der Waals surface area (Å²) >= 11 is 0. The number of carbonyl (C=O) groups excluding carboxylic acids is 2. The van der Waals surface area contributed by atoms with Gasteiger partial charge in [-0.3, -0.25) is 9.59 Å². The van der Waals surface area contributed by atoms with E-state index < -0.39 is 6.10 Å². The molecule has 0 heterocycles. The molecule has 1 atom stereocenters. The van der Waals surface area contributed by atoms with Gasteiger partial charge in [-0.2, -0.15) is 0 Å². The third-order valence-electron chi connectivity index (χ3n) is 2.91. The molecule has 0 saturated heterocycles. The normalized spacial score (nSPS) is 17.1. The Morgan fingerprint density at radius 3 is 2.61 bits per heavy atom. The molecule has 1 aliphatic carbocycles. The lowest BCUT2D eigenvalue weighted by Crippen LogP contribution is -2.23.